The summed E-state index contributed by atoms with van der Waals surface area (Å²) in [5, 5.41) is 3.36. The predicted octanol–water partition coefficient (Wildman–Crippen LogP) is 4.16. The Kier molecular flexibility index (Phi) is 4.92. The van der Waals surface area contributed by atoms with Gasteiger partial charge in [-0.3, -0.25) is 0 Å². The highest BCUT2D eigenvalue weighted by atomic mass is 15.3. The zero-order chi connectivity index (χ0) is 18.6. The van der Waals surface area contributed by atoms with E-state index in [9.17, 15) is 0 Å². The molecule has 2 heterocycles. The van der Waals surface area contributed by atoms with Gasteiger partial charge in [-0.15, -0.1) is 0 Å². The summed E-state index contributed by atoms with van der Waals surface area (Å²) in [6, 6.07) is 19.1. The largest absolute Gasteiger partial charge is 0.368 e. The number of nitrogens with one attached hydrogen (secondary N) is 1. The van der Waals surface area contributed by atoms with E-state index in [-0.39, 0.29) is 0 Å². The Balaban J connectivity index is 1.42. The number of benzene rings is 2. The summed E-state index contributed by atoms with van der Waals surface area (Å²) in [5.74, 6) is 1.80. The fraction of sp³-hybridized carbons (Fsp3) is 0.273. The molecule has 0 atom stereocenters. The number of rotatable bonds is 4. The topological polar surface area (TPSA) is 44.3 Å². The number of aromatic nitrogens is 2. The Hall–Kier alpha value is -3.08. The van der Waals surface area contributed by atoms with Crippen LogP contribution in [0.25, 0.3) is 0 Å². The summed E-state index contributed by atoms with van der Waals surface area (Å²) in [7, 11) is 0. The minimum Gasteiger partial charge on any atom is -0.368 e. The molecule has 1 N–H and O–H groups in total. The molecule has 0 unspecified atom stereocenters. The van der Waals surface area contributed by atoms with Gasteiger partial charge >= 0.3 is 0 Å². The van der Waals surface area contributed by atoms with Gasteiger partial charge in [-0.05, 0) is 43.7 Å². The highest BCUT2D eigenvalue weighted by molar-refractivity contribution is 5.60. The van der Waals surface area contributed by atoms with E-state index in [4.69, 9.17) is 0 Å². The van der Waals surface area contributed by atoms with Gasteiger partial charge in [0.1, 0.15) is 18.0 Å². The lowest BCUT2D eigenvalue weighted by Crippen LogP contribution is -2.46. The lowest BCUT2D eigenvalue weighted by Gasteiger charge is -2.36. The van der Waals surface area contributed by atoms with Crippen molar-refractivity contribution in [2.75, 3.05) is 41.3 Å². The molecule has 0 saturated carbocycles. The molecule has 0 spiro atoms. The fourth-order valence-corrected chi connectivity index (χ4v) is 3.39. The second kappa shape index (κ2) is 7.66. The maximum atomic E-state index is 4.49. The van der Waals surface area contributed by atoms with Crippen molar-refractivity contribution in [1.29, 1.82) is 0 Å². The molecule has 5 heteroatoms. The molecule has 138 valence electrons. The van der Waals surface area contributed by atoms with Gasteiger partial charge in [0.15, 0.2) is 0 Å². The zero-order valence-corrected chi connectivity index (χ0v) is 15.9. The van der Waals surface area contributed by atoms with Crippen molar-refractivity contribution in [3.05, 3.63) is 72.1 Å². The molecule has 5 nitrogen and oxygen atoms in total. The first kappa shape index (κ1) is 17.3. The Labute approximate surface area is 160 Å². The molecule has 27 heavy (non-hydrogen) atoms. The lowest BCUT2D eigenvalue weighted by atomic mass is 10.2. The monoisotopic (exact) mass is 359 g/mol. The van der Waals surface area contributed by atoms with Gasteiger partial charge in [0.2, 0.25) is 0 Å². The Morgan fingerprint density at radius 3 is 2.26 bits per heavy atom. The summed E-state index contributed by atoms with van der Waals surface area (Å²) >= 11 is 0. The normalized spacial score (nSPS) is 14.3. The third-order valence-corrected chi connectivity index (χ3v) is 4.95. The SMILES string of the molecule is Cc1ccc(Nc2cc(N3CCN(c4cccc(C)c4)CC3)ncn2)cc1. The van der Waals surface area contributed by atoms with Gasteiger partial charge < -0.3 is 15.1 Å². The molecule has 0 radical (unpaired) electrons. The molecular formula is C22H25N5. The van der Waals surface area contributed by atoms with Gasteiger partial charge in [0.25, 0.3) is 0 Å². The van der Waals surface area contributed by atoms with Crippen LogP contribution in [0.5, 0.6) is 0 Å². The zero-order valence-electron chi connectivity index (χ0n) is 15.9. The molecule has 1 fully saturated rings. The first-order chi connectivity index (χ1) is 13.2. The average Bonchev–Trinajstić information content (AvgIpc) is 2.70. The number of aryl methyl sites for hydroxylation is 2. The van der Waals surface area contributed by atoms with Crippen molar-refractivity contribution in [3.8, 4) is 0 Å². The van der Waals surface area contributed by atoms with Crippen LogP contribution in [0, 0.1) is 13.8 Å². The van der Waals surface area contributed by atoms with Crippen molar-refractivity contribution in [2.24, 2.45) is 0 Å². The van der Waals surface area contributed by atoms with Crippen LogP contribution in [-0.2, 0) is 0 Å². The van der Waals surface area contributed by atoms with E-state index in [0.717, 1.165) is 43.5 Å². The van der Waals surface area contributed by atoms with E-state index in [2.05, 4.69) is 87.5 Å². The molecule has 1 saturated heterocycles. The Morgan fingerprint density at radius 1 is 0.778 bits per heavy atom. The second-order valence-electron chi connectivity index (χ2n) is 7.07. The fourth-order valence-electron chi connectivity index (χ4n) is 3.39. The number of nitrogens with zero attached hydrogens (tertiary/aromatic N) is 4. The minimum absolute atomic E-state index is 0.824. The van der Waals surface area contributed by atoms with Gasteiger partial charge in [-0.1, -0.05) is 29.8 Å². The third-order valence-electron chi connectivity index (χ3n) is 4.95. The summed E-state index contributed by atoms with van der Waals surface area (Å²) < 4.78 is 0. The molecule has 0 amide bonds. The Morgan fingerprint density at radius 2 is 1.52 bits per heavy atom. The standard InChI is InChI=1S/C22H25N5/c1-17-6-8-19(9-7-17)25-21-15-22(24-16-23-21)27-12-10-26(11-13-27)20-5-3-4-18(2)14-20/h3-9,14-16H,10-13H2,1-2H3,(H,23,24,25). The molecule has 2 aromatic carbocycles. The lowest BCUT2D eigenvalue weighted by molar-refractivity contribution is 0.647. The Bertz CT molecular complexity index is 899. The molecule has 3 aromatic rings. The van der Waals surface area contributed by atoms with Gasteiger partial charge in [0.05, 0.1) is 0 Å². The molecule has 1 aliphatic heterocycles. The van der Waals surface area contributed by atoms with E-state index < -0.39 is 0 Å². The molecule has 1 aliphatic rings. The van der Waals surface area contributed by atoms with Crippen molar-refractivity contribution in [1.82, 2.24) is 9.97 Å². The molecular weight excluding hydrogens is 334 g/mol. The van der Waals surface area contributed by atoms with Crippen molar-refractivity contribution >= 4 is 23.0 Å². The molecule has 1 aromatic heterocycles. The minimum atomic E-state index is 0.824. The first-order valence-corrected chi connectivity index (χ1v) is 9.40. The van der Waals surface area contributed by atoms with Gasteiger partial charge in [0, 0.05) is 43.6 Å². The van der Waals surface area contributed by atoms with Crippen LogP contribution in [0.2, 0.25) is 0 Å². The third kappa shape index (κ3) is 4.19. The maximum absolute atomic E-state index is 4.49. The van der Waals surface area contributed by atoms with E-state index >= 15 is 0 Å². The van der Waals surface area contributed by atoms with Crippen molar-refractivity contribution in [3.63, 3.8) is 0 Å². The maximum Gasteiger partial charge on any atom is 0.135 e. The first-order valence-electron chi connectivity index (χ1n) is 9.40. The van der Waals surface area contributed by atoms with Crippen LogP contribution in [0.4, 0.5) is 23.0 Å². The highest BCUT2D eigenvalue weighted by Crippen LogP contribution is 2.22. The number of hydrogen-bond donors (Lipinski definition) is 1. The quantitative estimate of drug-likeness (QED) is 0.758. The van der Waals surface area contributed by atoms with Crippen LogP contribution in [0.1, 0.15) is 11.1 Å². The summed E-state index contributed by atoms with van der Waals surface area (Å²) in [4.78, 5) is 13.6. The van der Waals surface area contributed by atoms with Gasteiger partial charge in [-0.2, -0.15) is 0 Å². The summed E-state index contributed by atoms with van der Waals surface area (Å²) in [6.45, 7) is 8.12. The highest BCUT2D eigenvalue weighted by Gasteiger charge is 2.18. The predicted molar refractivity (Wildman–Crippen MR) is 112 cm³/mol. The van der Waals surface area contributed by atoms with E-state index in [1.807, 2.05) is 6.07 Å². The van der Waals surface area contributed by atoms with Crippen molar-refractivity contribution < 1.29 is 0 Å². The van der Waals surface area contributed by atoms with E-state index in [0.29, 0.717) is 0 Å². The van der Waals surface area contributed by atoms with Gasteiger partial charge in [-0.25, -0.2) is 9.97 Å². The van der Waals surface area contributed by atoms with Crippen molar-refractivity contribution in [2.45, 2.75) is 13.8 Å². The summed E-state index contributed by atoms with van der Waals surface area (Å²) in [6.07, 6.45) is 1.64. The molecule has 0 bridgehead atoms. The molecule has 0 aliphatic carbocycles. The average molecular weight is 359 g/mol. The summed E-state index contributed by atoms with van der Waals surface area (Å²) in [5.41, 5.74) is 4.89. The van der Waals surface area contributed by atoms with Crippen LogP contribution < -0.4 is 15.1 Å². The van der Waals surface area contributed by atoms with Crippen LogP contribution in [0.3, 0.4) is 0 Å². The number of piperazine rings is 1. The van der Waals surface area contributed by atoms with Crippen LogP contribution >= 0.6 is 0 Å². The van der Waals surface area contributed by atoms with E-state index in [1.54, 1.807) is 6.33 Å². The second-order valence-corrected chi connectivity index (χ2v) is 7.07. The number of anilines is 4. The van der Waals surface area contributed by atoms with Crippen LogP contribution in [-0.4, -0.2) is 36.1 Å². The molecule has 4 rings (SSSR count). The smallest absolute Gasteiger partial charge is 0.135 e. The van der Waals surface area contributed by atoms with E-state index in [1.165, 1.54) is 16.8 Å². The van der Waals surface area contributed by atoms with Crippen LogP contribution in [0.15, 0.2) is 60.9 Å². The number of hydrogen-bond acceptors (Lipinski definition) is 5.